The molecule has 0 radical (unpaired) electrons. The van der Waals surface area contributed by atoms with E-state index in [4.69, 9.17) is 5.26 Å². The summed E-state index contributed by atoms with van der Waals surface area (Å²) in [6, 6.07) is 10.5. The molecule has 0 aliphatic rings. The number of nitriles is 1. The molecule has 1 aromatic carbocycles. The summed E-state index contributed by atoms with van der Waals surface area (Å²) in [5.74, 6) is 0. The first-order chi connectivity index (χ1) is 7.70. The molecule has 0 saturated heterocycles. The van der Waals surface area contributed by atoms with Gasteiger partial charge in [-0.05, 0) is 19.9 Å². The molecule has 0 fully saturated rings. The molecule has 0 N–H and O–H groups in total. The highest BCUT2D eigenvalue weighted by Gasteiger charge is 2.08. The Labute approximate surface area is 99.2 Å². The maximum absolute atomic E-state index is 8.70. The molecule has 0 bridgehead atoms. The van der Waals surface area contributed by atoms with Crippen molar-refractivity contribution in [2.45, 2.75) is 20.3 Å². The van der Waals surface area contributed by atoms with E-state index in [-0.39, 0.29) is 0 Å². The Kier molecular flexibility index (Phi) is 3.02. The van der Waals surface area contributed by atoms with Gasteiger partial charge in [-0.2, -0.15) is 5.26 Å². The second kappa shape index (κ2) is 4.46. The van der Waals surface area contributed by atoms with E-state index in [9.17, 15) is 0 Å². The van der Waals surface area contributed by atoms with Gasteiger partial charge in [-0.25, -0.2) is 4.98 Å². The standard InChI is InChI=1S/C13H12N2S/c1-9-4-3-5-11(8-9)13-15-10(2)12(16-13)6-7-14/h3-5,8H,6H2,1-2H3. The molecule has 0 atom stereocenters. The van der Waals surface area contributed by atoms with Gasteiger partial charge in [-0.1, -0.05) is 23.8 Å². The Hall–Kier alpha value is -1.66. The summed E-state index contributed by atoms with van der Waals surface area (Å²) in [5, 5.41) is 9.70. The van der Waals surface area contributed by atoms with E-state index in [1.165, 1.54) is 5.56 Å². The fourth-order valence-corrected chi connectivity index (χ4v) is 2.56. The van der Waals surface area contributed by atoms with Crippen LogP contribution in [-0.2, 0) is 6.42 Å². The number of benzene rings is 1. The SMILES string of the molecule is Cc1cccc(-c2nc(C)c(CC#N)s2)c1. The lowest BCUT2D eigenvalue weighted by Crippen LogP contribution is -1.80. The highest BCUT2D eigenvalue weighted by Crippen LogP contribution is 2.28. The summed E-state index contributed by atoms with van der Waals surface area (Å²) < 4.78 is 0. The number of rotatable bonds is 2. The van der Waals surface area contributed by atoms with Crippen LogP contribution in [0.2, 0.25) is 0 Å². The van der Waals surface area contributed by atoms with Crippen LogP contribution < -0.4 is 0 Å². The number of thiazole rings is 1. The minimum atomic E-state index is 0.454. The van der Waals surface area contributed by atoms with Crippen LogP contribution in [0.15, 0.2) is 24.3 Å². The van der Waals surface area contributed by atoms with Gasteiger partial charge in [-0.3, -0.25) is 0 Å². The number of aryl methyl sites for hydroxylation is 2. The molecule has 0 aliphatic carbocycles. The van der Waals surface area contributed by atoms with Gasteiger partial charge < -0.3 is 0 Å². The van der Waals surface area contributed by atoms with Crippen molar-refractivity contribution in [3.05, 3.63) is 40.4 Å². The van der Waals surface area contributed by atoms with E-state index in [0.29, 0.717) is 6.42 Å². The molecule has 80 valence electrons. The lowest BCUT2D eigenvalue weighted by Gasteiger charge is -1.96. The molecule has 2 rings (SSSR count). The lowest BCUT2D eigenvalue weighted by molar-refractivity contribution is 1.18. The summed E-state index contributed by atoms with van der Waals surface area (Å²) in [5.41, 5.74) is 3.34. The Bertz CT molecular complexity index is 549. The lowest BCUT2D eigenvalue weighted by atomic mass is 10.1. The monoisotopic (exact) mass is 228 g/mol. The molecule has 3 heteroatoms. The molecule has 16 heavy (non-hydrogen) atoms. The van der Waals surface area contributed by atoms with E-state index in [1.54, 1.807) is 11.3 Å². The number of nitrogens with zero attached hydrogens (tertiary/aromatic N) is 2. The quantitative estimate of drug-likeness (QED) is 0.788. The topological polar surface area (TPSA) is 36.7 Å². The summed E-state index contributed by atoms with van der Waals surface area (Å²) >= 11 is 1.61. The van der Waals surface area contributed by atoms with Gasteiger partial charge in [0.05, 0.1) is 18.2 Å². The molecule has 2 nitrogen and oxygen atoms in total. The Balaban J connectivity index is 2.42. The van der Waals surface area contributed by atoms with Gasteiger partial charge in [0.1, 0.15) is 5.01 Å². The molecule has 2 aromatic rings. The molecule has 0 unspecified atom stereocenters. The van der Waals surface area contributed by atoms with Gasteiger partial charge in [-0.15, -0.1) is 11.3 Å². The zero-order valence-corrected chi connectivity index (χ0v) is 10.1. The minimum absolute atomic E-state index is 0.454. The first-order valence-electron chi connectivity index (χ1n) is 5.11. The summed E-state index contributed by atoms with van der Waals surface area (Å²) in [6.07, 6.45) is 0.454. The highest BCUT2D eigenvalue weighted by atomic mass is 32.1. The zero-order chi connectivity index (χ0) is 11.5. The van der Waals surface area contributed by atoms with Crippen LogP contribution >= 0.6 is 11.3 Å². The third-order valence-electron chi connectivity index (χ3n) is 2.40. The minimum Gasteiger partial charge on any atom is -0.241 e. The van der Waals surface area contributed by atoms with Crippen LogP contribution in [0.1, 0.15) is 16.1 Å². The largest absolute Gasteiger partial charge is 0.241 e. The second-order valence-corrected chi connectivity index (χ2v) is 4.82. The fourth-order valence-electron chi connectivity index (χ4n) is 1.57. The summed E-state index contributed by atoms with van der Waals surface area (Å²) in [4.78, 5) is 5.58. The predicted octanol–water partition coefficient (Wildman–Crippen LogP) is 3.49. The van der Waals surface area contributed by atoms with Crippen molar-refractivity contribution in [3.63, 3.8) is 0 Å². The van der Waals surface area contributed by atoms with Crippen LogP contribution in [0, 0.1) is 25.2 Å². The van der Waals surface area contributed by atoms with Gasteiger partial charge in [0.2, 0.25) is 0 Å². The average molecular weight is 228 g/mol. The van der Waals surface area contributed by atoms with E-state index >= 15 is 0 Å². The molecule has 0 aliphatic heterocycles. The highest BCUT2D eigenvalue weighted by molar-refractivity contribution is 7.15. The van der Waals surface area contributed by atoms with Crippen LogP contribution in [-0.4, -0.2) is 4.98 Å². The Morgan fingerprint density at radius 3 is 2.88 bits per heavy atom. The van der Waals surface area contributed by atoms with Crippen molar-refractivity contribution in [3.8, 4) is 16.6 Å². The van der Waals surface area contributed by atoms with Crippen molar-refractivity contribution < 1.29 is 0 Å². The Morgan fingerprint density at radius 1 is 1.38 bits per heavy atom. The molecule has 0 saturated carbocycles. The Morgan fingerprint density at radius 2 is 2.19 bits per heavy atom. The number of hydrogen-bond donors (Lipinski definition) is 0. The molecular weight excluding hydrogens is 216 g/mol. The molecule has 1 aromatic heterocycles. The van der Waals surface area contributed by atoms with E-state index < -0.39 is 0 Å². The normalized spacial score (nSPS) is 10.1. The zero-order valence-electron chi connectivity index (χ0n) is 9.32. The van der Waals surface area contributed by atoms with Gasteiger partial charge in [0.15, 0.2) is 0 Å². The van der Waals surface area contributed by atoms with Crippen molar-refractivity contribution >= 4 is 11.3 Å². The first-order valence-corrected chi connectivity index (χ1v) is 5.92. The maximum Gasteiger partial charge on any atom is 0.123 e. The third kappa shape index (κ3) is 2.12. The van der Waals surface area contributed by atoms with Gasteiger partial charge >= 0.3 is 0 Å². The van der Waals surface area contributed by atoms with E-state index in [1.807, 2.05) is 13.0 Å². The number of hydrogen-bond acceptors (Lipinski definition) is 3. The molecule has 0 amide bonds. The third-order valence-corrected chi connectivity index (χ3v) is 3.60. The van der Waals surface area contributed by atoms with Crippen LogP contribution in [0.5, 0.6) is 0 Å². The molecule has 0 spiro atoms. The van der Waals surface area contributed by atoms with Gasteiger partial charge in [0, 0.05) is 10.4 Å². The van der Waals surface area contributed by atoms with Crippen LogP contribution in [0.25, 0.3) is 10.6 Å². The maximum atomic E-state index is 8.70. The van der Waals surface area contributed by atoms with Crippen molar-refractivity contribution in [2.24, 2.45) is 0 Å². The summed E-state index contributed by atoms with van der Waals surface area (Å²) in [7, 11) is 0. The molecule has 1 heterocycles. The first kappa shape index (κ1) is 10.8. The average Bonchev–Trinajstić information content (AvgIpc) is 2.61. The second-order valence-electron chi connectivity index (χ2n) is 3.73. The smallest absolute Gasteiger partial charge is 0.123 e. The van der Waals surface area contributed by atoms with Crippen LogP contribution in [0.4, 0.5) is 0 Å². The summed E-state index contributed by atoms with van der Waals surface area (Å²) in [6.45, 7) is 4.03. The van der Waals surface area contributed by atoms with Crippen LogP contribution in [0.3, 0.4) is 0 Å². The van der Waals surface area contributed by atoms with Gasteiger partial charge in [0.25, 0.3) is 0 Å². The number of aromatic nitrogens is 1. The van der Waals surface area contributed by atoms with Crippen molar-refractivity contribution in [1.29, 1.82) is 5.26 Å². The van der Waals surface area contributed by atoms with Crippen molar-refractivity contribution in [2.75, 3.05) is 0 Å². The van der Waals surface area contributed by atoms with E-state index in [0.717, 1.165) is 21.1 Å². The fraction of sp³-hybridized carbons (Fsp3) is 0.231. The van der Waals surface area contributed by atoms with Crippen molar-refractivity contribution in [1.82, 2.24) is 4.98 Å². The predicted molar refractivity (Wildman–Crippen MR) is 66.3 cm³/mol. The molecular formula is C13H12N2S. The van der Waals surface area contributed by atoms with E-state index in [2.05, 4.69) is 36.2 Å².